The van der Waals surface area contributed by atoms with Crippen LogP contribution in [0.5, 0.6) is 11.5 Å². The van der Waals surface area contributed by atoms with Crippen molar-refractivity contribution >= 4 is 23.2 Å². The first kappa shape index (κ1) is 19.8. The number of carbonyl (C=O) groups is 1. The molecule has 0 radical (unpaired) electrons. The number of aromatic hydroxyl groups is 2. The zero-order valence-corrected chi connectivity index (χ0v) is 16.8. The maximum atomic E-state index is 12.7. The molecule has 0 aliphatic heterocycles. The number of fused-ring (bicyclic) bond motifs is 1. The van der Waals surface area contributed by atoms with Crippen molar-refractivity contribution in [2.24, 2.45) is 0 Å². The molecule has 152 valence electrons. The van der Waals surface area contributed by atoms with E-state index in [1.165, 1.54) is 12.1 Å². The van der Waals surface area contributed by atoms with E-state index in [9.17, 15) is 15.0 Å². The second-order valence-electron chi connectivity index (χ2n) is 6.95. The number of nitrogens with zero attached hydrogens (tertiary/aromatic N) is 2. The molecule has 3 N–H and O–H groups in total. The highest BCUT2D eigenvalue weighted by Crippen LogP contribution is 2.26. The Hall–Kier alpha value is -3.51. The van der Waals surface area contributed by atoms with Gasteiger partial charge in [-0.3, -0.25) is 4.79 Å². The van der Waals surface area contributed by atoms with Crippen LogP contribution in [0.25, 0.3) is 16.9 Å². The van der Waals surface area contributed by atoms with Gasteiger partial charge in [0.15, 0.2) is 11.5 Å². The summed E-state index contributed by atoms with van der Waals surface area (Å²) < 4.78 is 1.85. The van der Waals surface area contributed by atoms with E-state index in [1.807, 2.05) is 40.8 Å². The van der Waals surface area contributed by atoms with Gasteiger partial charge in [-0.25, -0.2) is 4.98 Å². The molecule has 4 aromatic rings. The molecular formula is C23H20ClN3O3. The number of imidazole rings is 1. The SMILES string of the molecule is O=C(Cc1c(-c2ccccc2)nc2ccc(Cl)cn12)NCCc1ccc(O)c(O)c1. The largest absolute Gasteiger partial charge is 0.504 e. The minimum absolute atomic E-state index is 0.142. The van der Waals surface area contributed by atoms with Crippen molar-refractivity contribution in [3.05, 3.63) is 83.1 Å². The van der Waals surface area contributed by atoms with Gasteiger partial charge in [0.1, 0.15) is 5.65 Å². The summed E-state index contributed by atoms with van der Waals surface area (Å²) in [6.45, 7) is 0.404. The van der Waals surface area contributed by atoms with Crippen molar-refractivity contribution in [3.63, 3.8) is 0 Å². The number of halogens is 1. The lowest BCUT2D eigenvalue weighted by Crippen LogP contribution is -2.27. The van der Waals surface area contributed by atoms with Crippen LogP contribution in [0.3, 0.4) is 0 Å². The minimum atomic E-state index is -0.172. The maximum Gasteiger partial charge on any atom is 0.226 e. The Kier molecular flexibility index (Phi) is 5.59. The fourth-order valence-electron chi connectivity index (χ4n) is 3.35. The van der Waals surface area contributed by atoms with Crippen molar-refractivity contribution in [2.45, 2.75) is 12.8 Å². The highest BCUT2D eigenvalue weighted by molar-refractivity contribution is 6.30. The predicted molar refractivity (Wildman–Crippen MR) is 116 cm³/mol. The summed E-state index contributed by atoms with van der Waals surface area (Å²) >= 11 is 6.17. The zero-order chi connectivity index (χ0) is 21.1. The number of phenolic OH excluding ortho intramolecular Hbond substituents is 2. The number of hydrogen-bond donors (Lipinski definition) is 3. The Morgan fingerprint density at radius 2 is 1.83 bits per heavy atom. The van der Waals surface area contributed by atoms with Crippen molar-refractivity contribution in [2.75, 3.05) is 6.54 Å². The molecule has 4 rings (SSSR count). The first-order valence-electron chi connectivity index (χ1n) is 9.51. The summed E-state index contributed by atoms with van der Waals surface area (Å²) in [6.07, 6.45) is 2.44. The average Bonchev–Trinajstić information content (AvgIpc) is 3.09. The lowest BCUT2D eigenvalue weighted by atomic mass is 10.1. The van der Waals surface area contributed by atoms with Crippen LogP contribution in [0.1, 0.15) is 11.3 Å². The summed E-state index contributed by atoms with van der Waals surface area (Å²) in [4.78, 5) is 17.4. The summed E-state index contributed by atoms with van der Waals surface area (Å²) in [5.41, 5.74) is 3.98. The van der Waals surface area contributed by atoms with Gasteiger partial charge < -0.3 is 19.9 Å². The van der Waals surface area contributed by atoms with Crippen LogP contribution in [-0.4, -0.2) is 32.0 Å². The average molecular weight is 422 g/mol. The fourth-order valence-corrected chi connectivity index (χ4v) is 3.51. The molecule has 0 aliphatic carbocycles. The topological polar surface area (TPSA) is 86.9 Å². The van der Waals surface area contributed by atoms with Crippen molar-refractivity contribution in [1.82, 2.24) is 14.7 Å². The minimum Gasteiger partial charge on any atom is -0.504 e. The first-order chi connectivity index (χ1) is 14.5. The van der Waals surface area contributed by atoms with Crippen molar-refractivity contribution in [1.29, 1.82) is 0 Å². The number of amides is 1. The van der Waals surface area contributed by atoms with E-state index in [1.54, 1.807) is 18.3 Å². The van der Waals surface area contributed by atoms with Crippen molar-refractivity contribution < 1.29 is 15.0 Å². The standard InChI is InChI=1S/C23H20ClN3O3/c24-17-7-9-21-26-23(16-4-2-1-3-5-16)18(27(21)14-17)13-22(30)25-11-10-15-6-8-19(28)20(29)12-15/h1-9,12,14,28-29H,10-11,13H2,(H,25,30). The van der Waals surface area contributed by atoms with Gasteiger partial charge in [0.2, 0.25) is 5.91 Å². The van der Waals surface area contributed by atoms with E-state index in [0.717, 1.165) is 28.2 Å². The lowest BCUT2D eigenvalue weighted by molar-refractivity contribution is -0.120. The Morgan fingerprint density at radius 1 is 1.03 bits per heavy atom. The molecular weight excluding hydrogens is 402 g/mol. The van der Waals surface area contributed by atoms with Crippen LogP contribution in [0.15, 0.2) is 66.9 Å². The molecule has 0 fully saturated rings. The number of rotatable bonds is 6. The fraction of sp³-hybridized carbons (Fsp3) is 0.130. The number of carbonyl (C=O) groups excluding carboxylic acids is 1. The predicted octanol–water partition coefficient (Wildman–Crippen LogP) is 3.97. The van der Waals surface area contributed by atoms with E-state index in [4.69, 9.17) is 16.6 Å². The van der Waals surface area contributed by atoms with Gasteiger partial charge in [-0.15, -0.1) is 0 Å². The molecule has 0 bridgehead atoms. The molecule has 0 aliphatic rings. The normalized spacial score (nSPS) is 11.0. The molecule has 2 heterocycles. The molecule has 7 heteroatoms. The van der Waals surface area contributed by atoms with Gasteiger partial charge >= 0.3 is 0 Å². The third kappa shape index (κ3) is 4.23. The Labute approximate surface area is 178 Å². The molecule has 0 atom stereocenters. The quantitative estimate of drug-likeness (QED) is 0.411. The molecule has 0 saturated heterocycles. The third-order valence-corrected chi connectivity index (χ3v) is 5.06. The number of hydrogen-bond acceptors (Lipinski definition) is 4. The van der Waals surface area contributed by atoms with Crippen LogP contribution < -0.4 is 5.32 Å². The van der Waals surface area contributed by atoms with Crippen LogP contribution in [0.4, 0.5) is 0 Å². The monoisotopic (exact) mass is 421 g/mol. The van der Waals surface area contributed by atoms with Crippen LogP contribution in [0, 0.1) is 0 Å². The number of benzene rings is 2. The molecule has 2 aromatic heterocycles. The van der Waals surface area contributed by atoms with Gasteiger partial charge in [0.25, 0.3) is 0 Å². The molecule has 0 spiro atoms. The first-order valence-corrected chi connectivity index (χ1v) is 9.88. The highest BCUT2D eigenvalue weighted by Gasteiger charge is 2.17. The Balaban J connectivity index is 1.52. The molecule has 6 nitrogen and oxygen atoms in total. The van der Waals surface area contributed by atoms with Gasteiger partial charge in [-0.05, 0) is 36.2 Å². The second-order valence-corrected chi connectivity index (χ2v) is 7.38. The molecule has 0 unspecified atom stereocenters. The number of nitrogens with one attached hydrogen (secondary N) is 1. The van der Waals surface area contributed by atoms with E-state index in [2.05, 4.69) is 5.32 Å². The van der Waals surface area contributed by atoms with E-state index < -0.39 is 0 Å². The molecule has 0 saturated carbocycles. The molecule has 30 heavy (non-hydrogen) atoms. The van der Waals surface area contributed by atoms with E-state index >= 15 is 0 Å². The van der Waals surface area contributed by atoms with Crippen LogP contribution >= 0.6 is 11.6 Å². The number of aromatic nitrogens is 2. The zero-order valence-electron chi connectivity index (χ0n) is 16.0. The summed E-state index contributed by atoms with van der Waals surface area (Å²) in [5.74, 6) is -0.478. The van der Waals surface area contributed by atoms with Crippen molar-refractivity contribution in [3.8, 4) is 22.8 Å². The highest BCUT2D eigenvalue weighted by atomic mass is 35.5. The van der Waals surface area contributed by atoms with E-state index in [-0.39, 0.29) is 23.8 Å². The Bertz CT molecular complexity index is 1210. The van der Waals surface area contributed by atoms with Crippen LogP contribution in [-0.2, 0) is 17.6 Å². The summed E-state index contributed by atoms with van der Waals surface area (Å²) in [7, 11) is 0. The lowest BCUT2D eigenvalue weighted by Gasteiger charge is -2.08. The van der Waals surface area contributed by atoms with Crippen LogP contribution in [0.2, 0.25) is 5.02 Å². The molecule has 1 amide bonds. The summed E-state index contributed by atoms with van der Waals surface area (Å²) in [5, 5.41) is 22.4. The van der Waals surface area contributed by atoms with Gasteiger partial charge in [0, 0.05) is 18.3 Å². The number of pyridine rings is 1. The Morgan fingerprint density at radius 3 is 2.60 bits per heavy atom. The van der Waals surface area contributed by atoms with E-state index in [0.29, 0.717) is 18.0 Å². The van der Waals surface area contributed by atoms with Gasteiger partial charge in [-0.1, -0.05) is 48.0 Å². The number of phenols is 2. The smallest absolute Gasteiger partial charge is 0.226 e. The van der Waals surface area contributed by atoms with Gasteiger partial charge in [0.05, 0.1) is 22.8 Å². The third-order valence-electron chi connectivity index (χ3n) is 4.83. The van der Waals surface area contributed by atoms with Gasteiger partial charge in [-0.2, -0.15) is 0 Å². The molecule has 2 aromatic carbocycles. The second kappa shape index (κ2) is 8.47. The maximum absolute atomic E-state index is 12.7. The summed E-state index contributed by atoms with van der Waals surface area (Å²) in [6, 6.07) is 18.0.